The molecule has 0 spiro atoms. The first-order valence-electron chi connectivity index (χ1n) is 18.4. The number of hydrogen-bond acceptors (Lipinski definition) is 8. The fourth-order valence-corrected chi connectivity index (χ4v) is 8.23. The van der Waals surface area contributed by atoms with Crippen molar-refractivity contribution < 1.29 is 0 Å². The normalized spacial score (nSPS) is 11.1. The molecule has 0 N–H and O–H groups in total. The third kappa shape index (κ3) is 6.48. The smallest absolute Gasteiger partial charge is 0.164 e. The Hall–Kier alpha value is -7.73. The predicted octanol–water partition coefficient (Wildman–Crippen LogP) is 12.0. The molecule has 0 radical (unpaired) electrons. The van der Waals surface area contributed by atoms with Crippen molar-refractivity contribution in [3.63, 3.8) is 0 Å². The van der Waals surface area contributed by atoms with Crippen molar-refractivity contribution in [2.75, 3.05) is 0 Å². The van der Waals surface area contributed by atoms with E-state index >= 15 is 0 Å². The van der Waals surface area contributed by atoms with E-state index in [1.807, 2.05) is 140 Å². The number of nitrogens with zero attached hydrogens (tertiary/aromatic N) is 7. The van der Waals surface area contributed by atoms with Crippen LogP contribution in [0.25, 0.3) is 99.6 Å². The number of hydrogen-bond donors (Lipinski definition) is 0. The molecule has 0 fully saturated rings. The van der Waals surface area contributed by atoms with Crippen LogP contribution >= 0.6 is 11.3 Å². The van der Waals surface area contributed by atoms with Gasteiger partial charge in [-0.05, 0) is 29.3 Å². The quantitative estimate of drug-likeness (QED) is 0.160. The van der Waals surface area contributed by atoms with Crippen LogP contribution in [0, 0.1) is 11.3 Å². The molecule has 266 valence electrons. The van der Waals surface area contributed by atoms with Gasteiger partial charge in [0.25, 0.3) is 0 Å². The van der Waals surface area contributed by atoms with Gasteiger partial charge in [-0.15, -0.1) is 11.3 Å². The summed E-state index contributed by atoms with van der Waals surface area (Å²) in [6.45, 7) is 0. The van der Waals surface area contributed by atoms with Crippen LogP contribution in [-0.4, -0.2) is 29.9 Å². The van der Waals surface area contributed by atoms with Crippen LogP contribution in [0.3, 0.4) is 0 Å². The summed E-state index contributed by atoms with van der Waals surface area (Å²) >= 11 is 1.72. The Kier molecular flexibility index (Phi) is 8.60. The lowest BCUT2D eigenvalue weighted by Crippen LogP contribution is -2.00. The van der Waals surface area contributed by atoms with Crippen molar-refractivity contribution in [3.8, 4) is 85.5 Å². The average Bonchev–Trinajstić information content (AvgIpc) is 3.68. The molecule has 10 aromatic rings. The SMILES string of the molecule is N#Cc1ccccc1-c1ccc(-c2nc(-c3ccccc3)nc(-c3ccc4c(c3)sc3cccc(-c5nc(-c6ccccc6)nc(-c6ccccc6)n5)c34)n2)cc1. The lowest BCUT2D eigenvalue weighted by atomic mass is 9.99. The number of thiophene rings is 1. The van der Waals surface area contributed by atoms with Crippen LogP contribution < -0.4 is 0 Å². The maximum absolute atomic E-state index is 9.68. The Labute approximate surface area is 332 Å². The molecule has 0 saturated heterocycles. The third-order valence-corrected chi connectivity index (χ3v) is 11.0. The summed E-state index contributed by atoms with van der Waals surface area (Å²) in [5.41, 5.74) is 7.90. The van der Waals surface area contributed by atoms with Crippen LogP contribution in [0.15, 0.2) is 176 Å². The summed E-state index contributed by atoms with van der Waals surface area (Å²) in [6, 6.07) is 60.7. The molecule has 3 heterocycles. The highest BCUT2D eigenvalue weighted by molar-refractivity contribution is 7.26. The van der Waals surface area contributed by atoms with Gasteiger partial charge in [0.2, 0.25) is 0 Å². The molecule has 7 nitrogen and oxygen atoms in total. The Bertz CT molecular complexity index is 3060. The molecule has 0 bridgehead atoms. The summed E-state index contributed by atoms with van der Waals surface area (Å²) in [4.78, 5) is 30.0. The van der Waals surface area contributed by atoms with Crippen molar-refractivity contribution >= 4 is 31.5 Å². The topological polar surface area (TPSA) is 101 Å². The molecule has 0 aliphatic heterocycles. The zero-order valence-electron chi connectivity index (χ0n) is 30.3. The van der Waals surface area contributed by atoms with Crippen molar-refractivity contribution in [3.05, 3.63) is 181 Å². The van der Waals surface area contributed by atoms with Gasteiger partial charge in [0.1, 0.15) is 0 Å². The minimum absolute atomic E-state index is 0.566. The Morgan fingerprint density at radius 2 is 0.789 bits per heavy atom. The van der Waals surface area contributed by atoms with Crippen molar-refractivity contribution in [1.82, 2.24) is 29.9 Å². The number of rotatable bonds is 7. The number of nitriles is 1. The standard InChI is InChI=1S/C49H29N7S/c50-30-37-19-10-11-20-38(37)31-23-25-35(26-24-31)47-51-44(32-13-4-1-5-14-32)53-48(54-47)36-27-28-39-42(29-36)57-41-22-12-21-40(43(39)41)49-55-45(33-15-6-2-7-16-33)52-46(56-49)34-17-8-3-9-18-34/h1-29H. The van der Waals surface area contributed by atoms with Crippen molar-refractivity contribution in [2.24, 2.45) is 0 Å². The molecule has 10 rings (SSSR count). The van der Waals surface area contributed by atoms with Crippen molar-refractivity contribution in [1.29, 1.82) is 5.26 Å². The zero-order valence-corrected chi connectivity index (χ0v) is 31.1. The van der Waals surface area contributed by atoms with E-state index in [4.69, 9.17) is 29.9 Å². The van der Waals surface area contributed by atoms with E-state index in [2.05, 4.69) is 42.5 Å². The molecule has 57 heavy (non-hydrogen) atoms. The fourth-order valence-electron chi connectivity index (χ4n) is 7.06. The van der Waals surface area contributed by atoms with Crippen molar-refractivity contribution in [2.45, 2.75) is 0 Å². The number of benzene rings is 7. The zero-order chi connectivity index (χ0) is 38.1. The first-order valence-corrected chi connectivity index (χ1v) is 19.2. The maximum Gasteiger partial charge on any atom is 0.164 e. The molecular formula is C49H29N7S. The van der Waals surface area contributed by atoms with E-state index in [1.165, 1.54) is 0 Å². The average molecular weight is 748 g/mol. The van der Waals surface area contributed by atoms with E-state index in [0.29, 0.717) is 40.5 Å². The van der Waals surface area contributed by atoms with E-state index in [9.17, 15) is 5.26 Å². The van der Waals surface area contributed by atoms with Gasteiger partial charge in [-0.3, -0.25) is 0 Å². The van der Waals surface area contributed by atoms with Gasteiger partial charge in [0.05, 0.1) is 11.6 Å². The first-order chi connectivity index (χ1) is 28.2. The van der Waals surface area contributed by atoms with Gasteiger partial charge in [-0.25, -0.2) is 29.9 Å². The molecule has 0 unspecified atom stereocenters. The van der Waals surface area contributed by atoms with Gasteiger partial charge < -0.3 is 0 Å². The second-order valence-electron chi connectivity index (χ2n) is 13.4. The molecular weight excluding hydrogens is 719 g/mol. The van der Waals surface area contributed by atoms with E-state index in [-0.39, 0.29) is 0 Å². The molecule has 0 aliphatic carbocycles. The minimum Gasteiger partial charge on any atom is -0.208 e. The summed E-state index contributed by atoms with van der Waals surface area (Å²) in [5.74, 6) is 3.60. The van der Waals surface area contributed by atoms with Crippen LogP contribution in [0.4, 0.5) is 0 Å². The Balaban J connectivity index is 1.09. The predicted molar refractivity (Wildman–Crippen MR) is 229 cm³/mol. The largest absolute Gasteiger partial charge is 0.208 e. The molecule has 3 aromatic heterocycles. The van der Waals surface area contributed by atoms with Gasteiger partial charge >= 0.3 is 0 Å². The maximum atomic E-state index is 9.68. The number of aromatic nitrogens is 6. The fraction of sp³-hybridized carbons (Fsp3) is 0. The first kappa shape index (κ1) is 33.8. The second-order valence-corrected chi connectivity index (χ2v) is 14.5. The lowest BCUT2D eigenvalue weighted by Gasteiger charge is -2.10. The van der Waals surface area contributed by atoms with E-state index in [1.54, 1.807) is 11.3 Å². The summed E-state index contributed by atoms with van der Waals surface area (Å²) in [6.07, 6.45) is 0. The lowest BCUT2D eigenvalue weighted by molar-refractivity contribution is 1.07. The minimum atomic E-state index is 0.566. The van der Waals surface area contributed by atoms with Gasteiger partial charge in [0.15, 0.2) is 34.9 Å². The highest BCUT2D eigenvalue weighted by Crippen LogP contribution is 2.41. The monoisotopic (exact) mass is 747 g/mol. The van der Waals surface area contributed by atoms with Crippen LogP contribution in [0.2, 0.25) is 0 Å². The Morgan fingerprint density at radius 3 is 1.35 bits per heavy atom. The molecule has 0 saturated carbocycles. The van der Waals surface area contributed by atoms with E-state index < -0.39 is 0 Å². The summed E-state index contributed by atoms with van der Waals surface area (Å²) in [5, 5.41) is 11.9. The van der Waals surface area contributed by atoms with Gasteiger partial charge in [-0.1, -0.05) is 158 Å². The van der Waals surface area contributed by atoms with E-state index in [0.717, 1.165) is 64.7 Å². The van der Waals surface area contributed by atoms with Crippen LogP contribution in [-0.2, 0) is 0 Å². The molecule has 0 amide bonds. The van der Waals surface area contributed by atoms with Crippen LogP contribution in [0.1, 0.15) is 5.56 Å². The molecule has 8 heteroatoms. The number of fused-ring (bicyclic) bond motifs is 3. The van der Waals surface area contributed by atoms with Gasteiger partial charge in [0, 0.05) is 53.6 Å². The summed E-state index contributed by atoms with van der Waals surface area (Å²) in [7, 11) is 0. The Morgan fingerprint density at radius 1 is 0.351 bits per heavy atom. The summed E-state index contributed by atoms with van der Waals surface area (Å²) < 4.78 is 2.22. The highest BCUT2D eigenvalue weighted by Gasteiger charge is 2.19. The highest BCUT2D eigenvalue weighted by atomic mass is 32.1. The molecule has 0 aliphatic rings. The second kappa shape index (κ2) is 14.5. The van der Waals surface area contributed by atoms with Crippen LogP contribution in [0.5, 0.6) is 0 Å². The van der Waals surface area contributed by atoms with Gasteiger partial charge in [-0.2, -0.15) is 5.26 Å². The molecule has 7 aromatic carbocycles. The third-order valence-electron chi connectivity index (χ3n) is 9.86. The molecule has 0 atom stereocenters.